The van der Waals surface area contributed by atoms with Gasteiger partial charge in [-0.3, -0.25) is 0 Å². The summed E-state index contributed by atoms with van der Waals surface area (Å²) in [7, 11) is 2.07. The maximum absolute atomic E-state index is 10.7. The van der Waals surface area contributed by atoms with E-state index in [2.05, 4.69) is 11.9 Å². The number of β-amino-alcohol motifs (C(OH)–C–C–N with tert-alkyl or cyclic N) is 1. The third kappa shape index (κ3) is 2.05. The Morgan fingerprint density at radius 3 is 2.13 bits per heavy atom. The van der Waals surface area contributed by atoms with Crippen molar-refractivity contribution in [2.24, 2.45) is 5.73 Å². The quantitative estimate of drug-likeness (QED) is 0.640. The van der Waals surface area contributed by atoms with Gasteiger partial charge in [0.2, 0.25) is 0 Å². The number of likely N-dealkylation sites (N-methyl/N-ethyl adjacent to an activating group) is 1. The summed E-state index contributed by atoms with van der Waals surface area (Å²) in [5.41, 5.74) is 5.53. The van der Waals surface area contributed by atoms with Gasteiger partial charge in [-0.05, 0) is 26.3 Å². The molecule has 1 saturated heterocycles. The van der Waals surface area contributed by atoms with Crippen LogP contribution in [0.25, 0.3) is 0 Å². The lowest BCUT2D eigenvalue weighted by molar-refractivity contribution is -0.0322. The van der Waals surface area contributed by atoms with Crippen molar-refractivity contribution in [1.82, 2.24) is 4.90 Å². The smallest absolute Gasteiger partial charge is 0.0964 e. The largest absolute Gasteiger partial charge is 0.387 e. The van der Waals surface area contributed by atoms with Gasteiger partial charge in [-0.25, -0.2) is 0 Å². The first-order valence-corrected chi connectivity index (χ1v) is 6.26. The molecule has 0 bridgehead atoms. The number of aliphatic hydroxyl groups is 1. The molecule has 0 aromatic heterocycles. The summed E-state index contributed by atoms with van der Waals surface area (Å²) < 4.78 is 0. The molecule has 2 fully saturated rings. The number of nitrogens with zero attached hydrogens (tertiary/aromatic N) is 1. The molecule has 3 N–H and O–H groups in total. The van der Waals surface area contributed by atoms with Gasteiger partial charge < -0.3 is 15.7 Å². The van der Waals surface area contributed by atoms with E-state index in [0.717, 1.165) is 32.4 Å². The highest BCUT2D eigenvalue weighted by Gasteiger charge is 2.50. The molecular weight excluding hydrogens is 188 g/mol. The van der Waals surface area contributed by atoms with E-state index in [4.69, 9.17) is 5.73 Å². The molecule has 15 heavy (non-hydrogen) atoms. The van der Waals surface area contributed by atoms with Crippen LogP contribution in [0.5, 0.6) is 0 Å². The van der Waals surface area contributed by atoms with Gasteiger partial charge in [-0.15, -0.1) is 0 Å². The molecule has 1 saturated carbocycles. The van der Waals surface area contributed by atoms with Crippen molar-refractivity contribution in [2.45, 2.75) is 56.1 Å². The van der Waals surface area contributed by atoms with Gasteiger partial charge in [0.1, 0.15) is 0 Å². The zero-order valence-corrected chi connectivity index (χ0v) is 9.84. The molecule has 1 atom stereocenters. The topological polar surface area (TPSA) is 49.5 Å². The highest BCUT2D eigenvalue weighted by atomic mass is 16.3. The normalized spacial score (nSPS) is 37.8. The molecule has 2 aliphatic rings. The molecule has 88 valence electrons. The summed E-state index contributed by atoms with van der Waals surface area (Å²) in [5, 5.41) is 10.7. The van der Waals surface area contributed by atoms with Crippen molar-refractivity contribution < 1.29 is 5.11 Å². The molecular formula is C12H24N2O. The van der Waals surface area contributed by atoms with Crippen molar-refractivity contribution in [1.29, 1.82) is 0 Å². The molecule has 0 spiro atoms. The summed E-state index contributed by atoms with van der Waals surface area (Å²) in [6.07, 6.45) is 7.77. The summed E-state index contributed by atoms with van der Waals surface area (Å²) in [4.78, 5) is 2.19. The molecule has 3 nitrogen and oxygen atoms in total. The standard InChI is InChI=1S/C12H24N2O/c1-14-9-8-12(15,10-14)11(13)6-4-2-3-5-7-11/h15H,2-10,13H2,1H3. The van der Waals surface area contributed by atoms with Crippen molar-refractivity contribution in [2.75, 3.05) is 20.1 Å². The van der Waals surface area contributed by atoms with E-state index >= 15 is 0 Å². The van der Waals surface area contributed by atoms with Crippen LogP contribution in [0, 0.1) is 0 Å². The zero-order valence-electron chi connectivity index (χ0n) is 9.84. The molecule has 0 aromatic rings. The van der Waals surface area contributed by atoms with E-state index in [-0.39, 0.29) is 5.54 Å². The Hall–Kier alpha value is -0.120. The van der Waals surface area contributed by atoms with Gasteiger partial charge in [-0.1, -0.05) is 25.7 Å². The Kier molecular flexibility index (Phi) is 3.06. The molecule has 1 unspecified atom stereocenters. The van der Waals surface area contributed by atoms with Crippen molar-refractivity contribution >= 4 is 0 Å². The van der Waals surface area contributed by atoms with Crippen LogP contribution in [-0.4, -0.2) is 41.3 Å². The Labute approximate surface area is 92.6 Å². The van der Waals surface area contributed by atoms with Crippen LogP contribution in [0.4, 0.5) is 0 Å². The van der Waals surface area contributed by atoms with E-state index in [1.165, 1.54) is 25.7 Å². The Bertz CT molecular complexity index is 224. The minimum Gasteiger partial charge on any atom is -0.387 e. The van der Waals surface area contributed by atoms with Crippen LogP contribution in [0.1, 0.15) is 44.9 Å². The van der Waals surface area contributed by atoms with Gasteiger partial charge in [0.25, 0.3) is 0 Å². The first-order valence-electron chi connectivity index (χ1n) is 6.26. The summed E-state index contributed by atoms with van der Waals surface area (Å²) >= 11 is 0. The van der Waals surface area contributed by atoms with Gasteiger partial charge in [0.15, 0.2) is 0 Å². The van der Waals surface area contributed by atoms with Gasteiger partial charge >= 0.3 is 0 Å². The average Bonchev–Trinajstić information content (AvgIpc) is 2.41. The number of hydrogen-bond donors (Lipinski definition) is 2. The third-order valence-electron chi connectivity index (χ3n) is 4.36. The monoisotopic (exact) mass is 212 g/mol. The summed E-state index contributed by atoms with van der Waals surface area (Å²) in [5.74, 6) is 0. The lowest BCUT2D eigenvalue weighted by Gasteiger charge is -2.42. The van der Waals surface area contributed by atoms with Crippen LogP contribution in [-0.2, 0) is 0 Å². The van der Waals surface area contributed by atoms with E-state index in [1.54, 1.807) is 0 Å². The fourth-order valence-corrected chi connectivity index (χ4v) is 3.21. The lowest BCUT2D eigenvalue weighted by Crippen LogP contribution is -2.61. The Morgan fingerprint density at radius 2 is 1.67 bits per heavy atom. The van der Waals surface area contributed by atoms with Crippen LogP contribution in [0.15, 0.2) is 0 Å². The molecule has 1 aliphatic carbocycles. The first-order chi connectivity index (χ1) is 7.06. The Morgan fingerprint density at radius 1 is 1.07 bits per heavy atom. The molecule has 0 radical (unpaired) electrons. The van der Waals surface area contributed by atoms with Gasteiger partial charge in [-0.2, -0.15) is 0 Å². The zero-order chi connectivity index (χ0) is 10.9. The van der Waals surface area contributed by atoms with Crippen molar-refractivity contribution in [3.8, 4) is 0 Å². The first kappa shape index (κ1) is 11.4. The molecule has 1 heterocycles. The van der Waals surface area contributed by atoms with Gasteiger partial charge in [0.05, 0.1) is 5.60 Å². The molecule has 2 rings (SSSR count). The maximum Gasteiger partial charge on any atom is 0.0964 e. The number of rotatable bonds is 1. The molecule has 0 aromatic carbocycles. The molecule has 0 amide bonds. The number of nitrogens with two attached hydrogens (primary N) is 1. The summed E-state index contributed by atoms with van der Waals surface area (Å²) in [6, 6.07) is 0. The second-order valence-electron chi connectivity index (χ2n) is 5.59. The second-order valence-corrected chi connectivity index (χ2v) is 5.59. The maximum atomic E-state index is 10.7. The highest BCUT2D eigenvalue weighted by Crippen LogP contribution is 2.38. The van der Waals surface area contributed by atoms with E-state index < -0.39 is 5.60 Å². The number of hydrogen-bond acceptors (Lipinski definition) is 3. The van der Waals surface area contributed by atoms with Crippen molar-refractivity contribution in [3.63, 3.8) is 0 Å². The number of likely N-dealkylation sites (tertiary alicyclic amines) is 1. The predicted octanol–water partition coefficient (Wildman–Crippen LogP) is 1.10. The van der Waals surface area contributed by atoms with E-state index in [0.29, 0.717) is 0 Å². The SMILES string of the molecule is CN1CCC(O)(C2(N)CCCCCC2)C1. The average molecular weight is 212 g/mol. The van der Waals surface area contributed by atoms with Crippen LogP contribution in [0.3, 0.4) is 0 Å². The Balaban J connectivity index is 2.12. The fourth-order valence-electron chi connectivity index (χ4n) is 3.21. The highest BCUT2D eigenvalue weighted by molar-refractivity contribution is 5.08. The van der Waals surface area contributed by atoms with Crippen LogP contribution < -0.4 is 5.73 Å². The molecule has 1 aliphatic heterocycles. The third-order valence-corrected chi connectivity index (χ3v) is 4.36. The van der Waals surface area contributed by atoms with Crippen LogP contribution in [0.2, 0.25) is 0 Å². The van der Waals surface area contributed by atoms with E-state index in [1.807, 2.05) is 0 Å². The lowest BCUT2D eigenvalue weighted by atomic mass is 9.74. The predicted molar refractivity (Wildman–Crippen MR) is 61.7 cm³/mol. The fraction of sp³-hybridized carbons (Fsp3) is 1.00. The minimum atomic E-state index is -0.633. The summed E-state index contributed by atoms with van der Waals surface area (Å²) in [6.45, 7) is 1.74. The van der Waals surface area contributed by atoms with Gasteiger partial charge in [0, 0.05) is 18.6 Å². The second kappa shape index (κ2) is 4.04. The minimum absolute atomic E-state index is 0.325. The van der Waals surface area contributed by atoms with E-state index in [9.17, 15) is 5.11 Å². The molecule has 3 heteroatoms. The van der Waals surface area contributed by atoms with Crippen molar-refractivity contribution in [3.05, 3.63) is 0 Å². The van der Waals surface area contributed by atoms with Crippen LogP contribution >= 0.6 is 0 Å².